The van der Waals surface area contributed by atoms with Gasteiger partial charge in [0.2, 0.25) is 0 Å². The third kappa shape index (κ3) is 4.87. The largest absolute Gasteiger partial charge is 0.492 e. The molecule has 0 spiro atoms. The van der Waals surface area contributed by atoms with Crippen LogP contribution in [0.15, 0.2) is 21.5 Å². The third-order valence-corrected chi connectivity index (χ3v) is 4.72. The van der Waals surface area contributed by atoms with Gasteiger partial charge in [-0.2, -0.15) is 0 Å². The topological polar surface area (TPSA) is 52.6 Å². The molecule has 0 heterocycles. The number of hydrogen-bond acceptors (Lipinski definition) is 4. The summed E-state index contributed by atoms with van der Waals surface area (Å²) in [6, 6.07) is 2.06. The molecule has 0 radical (unpaired) electrons. The van der Waals surface area contributed by atoms with E-state index in [1.54, 1.807) is 7.11 Å². The Morgan fingerprint density at radius 1 is 1.40 bits per heavy atom. The monoisotopic (exact) mass is 388 g/mol. The Bertz CT molecular complexity index is 589. The fourth-order valence-electron chi connectivity index (χ4n) is 1.32. The minimum Gasteiger partial charge on any atom is -0.492 e. The van der Waals surface area contributed by atoms with E-state index in [0.717, 1.165) is 12.1 Å². The smallest absolute Gasteiger partial charge is 0.264 e. The van der Waals surface area contributed by atoms with Crippen molar-refractivity contribution in [2.24, 2.45) is 0 Å². The van der Waals surface area contributed by atoms with Crippen molar-refractivity contribution in [3.63, 3.8) is 0 Å². The summed E-state index contributed by atoms with van der Waals surface area (Å²) in [5, 5.41) is 0. The second kappa shape index (κ2) is 6.60. The summed E-state index contributed by atoms with van der Waals surface area (Å²) in [5.41, 5.74) is -0.357. The van der Waals surface area contributed by atoms with Gasteiger partial charge in [0.05, 0.1) is 16.7 Å². The van der Waals surface area contributed by atoms with Crippen LogP contribution in [0.3, 0.4) is 0 Å². The Kier molecular flexibility index (Phi) is 5.83. The molecule has 0 unspecified atom stereocenters. The van der Waals surface area contributed by atoms with Gasteiger partial charge in [-0.05, 0) is 35.8 Å². The normalized spacial score (nSPS) is 12.5. The van der Waals surface area contributed by atoms with E-state index in [-0.39, 0.29) is 11.4 Å². The zero-order valence-electron chi connectivity index (χ0n) is 11.2. The maximum absolute atomic E-state index is 13.7. The summed E-state index contributed by atoms with van der Waals surface area (Å²) in [6.45, 7) is 4.09. The molecule has 0 N–H and O–H groups in total. The zero-order valence-corrected chi connectivity index (χ0v) is 14.4. The Hall–Kier alpha value is -0.370. The van der Waals surface area contributed by atoms with E-state index < -0.39 is 19.8 Å². The molecule has 4 nitrogen and oxygen atoms in total. The quantitative estimate of drug-likeness (QED) is 0.696. The molecule has 0 aliphatic carbocycles. The molecule has 0 saturated carbocycles. The summed E-state index contributed by atoms with van der Waals surface area (Å²) >= 11 is 3.13. The molecule has 0 fully saturated rings. The summed E-state index contributed by atoms with van der Waals surface area (Å²) < 4.78 is 46.9. The van der Waals surface area contributed by atoms with Gasteiger partial charge in [-0.15, -0.1) is 0 Å². The van der Waals surface area contributed by atoms with Gasteiger partial charge in [0, 0.05) is 30.3 Å². The van der Waals surface area contributed by atoms with Crippen molar-refractivity contribution in [1.29, 1.82) is 0 Å². The first-order valence-corrected chi connectivity index (χ1v) is 8.79. The molecule has 0 amide bonds. The van der Waals surface area contributed by atoms with E-state index >= 15 is 0 Å². The molecular weight excluding hydrogens is 375 g/mol. The van der Waals surface area contributed by atoms with Gasteiger partial charge in [-0.25, -0.2) is 12.8 Å². The molecule has 0 bridgehead atoms. The van der Waals surface area contributed by atoms with Crippen LogP contribution in [-0.2, 0) is 13.8 Å². The molecule has 8 heteroatoms. The zero-order chi connectivity index (χ0) is 15.6. The molecular formula is C12H15BrClFO4S. The average molecular weight is 390 g/mol. The van der Waals surface area contributed by atoms with E-state index in [2.05, 4.69) is 15.9 Å². The Morgan fingerprint density at radius 2 is 2.00 bits per heavy atom. The summed E-state index contributed by atoms with van der Waals surface area (Å²) in [4.78, 5) is -0.587. The van der Waals surface area contributed by atoms with Crippen LogP contribution >= 0.6 is 26.6 Å². The summed E-state index contributed by atoms with van der Waals surface area (Å²) in [5.74, 6) is -0.748. The lowest BCUT2D eigenvalue weighted by atomic mass is 10.1. The number of halogens is 3. The molecule has 114 valence electrons. The molecule has 0 aromatic heterocycles. The highest BCUT2D eigenvalue weighted by Gasteiger charge is 2.20. The Morgan fingerprint density at radius 3 is 2.50 bits per heavy atom. The van der Waals surface area contributed by atoms with E-state index in [1.807, 2.05) is 13.8 Å². The van der Waals surface area contributed by atoms with Gasteiger partial charge in [0.25, 0.3) is 9.05 Å². The number of benzene rings is 1. The maximum Gasteiger partial charge on any atom is 0.264 e. The van der Waals surface area contributed by atoms with Gasteiger partial charge in [-0.3, -0.25) is 0 Å². The predicted molar refractivity (Wildman–Crippen MR) is 78.3 cm³/mol. The van der Waals surface area contributed by atoms with Crippen LogP contribution < -0.4 is 4.74 Å². The highest BCUT2D eigenvalue weighted by atomic mass is 79.9. The SMILES string of the molecule is COC(C)(C)CCOc1cc(F)c(S(=O)(=O)Cl)cc1Br. The van der Waals surface area contributed by atoms with Crippen LogP contribution in [0.5, 0.6) is 5.75 Å². The van der Waals surface area contributed by atoms with Gasteiger partial charge >= 0.3 is 0 Å². The molecule has 0 saturated heterocycles. The van der Waals surface area contributed by atoms with Gasteiger partial charge in [-0.1, -0.05) is 0 Å². The molecule has 1 rings (SSSR count). The standard InChI is InChI=1S/C12H15BrClFO4S/c1-12(2,18-3)4-5-19-10-7-9(15)11(6-8(10)13)20(14,16)17/h6-7H,4-5H2,1-3H3. The molecule has 1 aromatic carbocycles. The minimum atomic E-state index is -4.13. The van der Waals surface area contributed by atoms with Crippen molar-refractivity contribution in [1.82, 2.24) is 0 Å². The van der Waals surface area contributed by atoms with Crippen molar-refractivity contribution in [2.75, 3.05) is 13.7 Å². The van der Waals surface area contributed by atoms with Gasteiger partial charge in [0.1, 0.15) is 16.5 Å². The van der Waals surface area contributed by atoms with Gasteiger partial charge in [0.15, 0.2) is 0 Å². The summed E-state index contributed by atoms with van der Waals surface area (Å²) in [7, 11) is 2.59. The van der Waals surface area contributed by atoms with E-state index in [9.17, 15) is 12.8 Å². The molecule has 20 heavy (non-hydrogen) atoms. The van der Waals surface area contributed by atoms with E-state index in [4.69, 9.17) is 20.2 Å². The first-order chi connectivity index (χ1) is 9.07. The molecule has 1 aromatic rings. The van der Waals surface area contributed by atoms with Gasteiger partial charge < -0.3 is 9.47 Å². The van der Waals surface area contributed by atoms with Crippen LogP contribution in [-0.4, -0.2) is 27.7 Å². The van der Waals surface area contributed by atoms with Crippen LogP contribution in [0, 0.1) is 5.82 Å². The second-order valence-corrected chi connectivity index (χ2v) is 8.10. The molecule has 0 aliphatic heterocycles. The lowest BCUT2D eigenvalue weighted by Crippen LogP contribution is -2.25. The number of ether oxygens (including phenoxy) is 2. The van der Waals surface area contributed by atoms with E-state index in [0.29, 0.717) is 17.5 Å². The fraction of sp³-hybridized carbons (Fsp3) is 0.500. The average Bonchev–Trinajstić information content (AvgIpc) is 2.31. The first kappa shape index (κ1) is 17.7. The van der Waals surface area contributed by atoms with Crippen LogP contribution in [0.2, 0.25) is 0 Å². The Labute approximate surface area is 130 Å². The highest BCUT2D eigenvalue weighted by Crippen LogP contribution is 2.32. The van der Waals surface area contributed by atoms with Crippen molar-refractivity contribution in [2.45, 2.75) is 30.8 Å². The fourth-order valence-corrected chi connectivity index (χ4v) is 2.83. The third-order valence-electron chi connectivity index (χ3n) is 2.76. The van der Waals surface area contributed by atoms with Crippen molar-refractivity contribution >= 4 is 35.7 Å². The lowest BCUT2D eigenvalue weighted by Gasteiger charge is -2.22. The number of hydrogen-bond donors (Lipinski definition) is 0. The molecule has 0 aliphatic rings. The Balaban J connectivity index is 2.86. The first-order valence-electron chi connectivity index (χ1n) is 5.68. The van der Waals surface area contributed by atoms with Crippen LogP contribution in [0.1, 0.15) is 20.3 Å². The minimum absolute atomic E-state index is 0.207. The second-order valence-electron chi connectivity index (χ2n) is 4.71. The highest BCUT2D eigenvalue weighted by molar-refractivity contribution is 9.10. The maximum atomic E-state index is 13.7. The number of rotatable bonds is 6. The van der Waals surface area contributed by atoms with Crippen LogP contribution in [0.25, 0.3) is 0 Å². The number of methoxy groups -OCH3 is 1. The summed E-state index contributed by atoms with van der Waals surface area (Å²) in [6.07, 6.45) is 0.590. The predicted octanol–water partition coefficient (Wildman–Crippen LogP) is 3.71. The molecule has 0 atom stereocenters. The van der Waals surface area contributed by atoms with E-state index in [1.165, 1.54) is 0 Å². The van der Waals surface area contributed by atoms with Crippen molar-refractivity contribution in [3.05, 3.63) is 22.4 Å². The van der Waals surface area contributed by atoms with Crippen molar-refractivity contribution < 1.29 is 22.3 Å². The van der Waals surface area contributed by atoms with Crippen molar-refractivity contribution in [3.8, 4) is 5.75 Å². The van der Waals surface area contributed by atoms with Crippen LogP contribution in [0.4, 0.5) is 4.39 Å². The lowest BCUT2D eigenvalue weighted by molar-refractivity contribution is 0.00537.